The van der Waals surface area contributed by atoms with Crippen molar-refractivity contribution in [3.8, 4) is 5.69 Å². The van der Waals surface area contributed by atoms with Gasteiger partial charge in [0.2, 0.25) is 5.91 Å². The van der Waals surface area contributed by atoms with Crippen molar-refractivity contribution in [3.63, 3.8) is 0 Å². The molecule has 0 aliphatic heterocycles. The Morgan fingerprint density at radius 2 is 1.56 bits per heavy atom. The molecule has 0 saturated carbocycles. The molecule has 170 valence electrons. The van der Waals surface area contributed by atoms with Gasteiger partial charge in [0.05, 0.1) is 16.3 Å². The summed E-state index contributed by atoms with van der Waals surface area (Å²) in [5.41, 5.74) is 1.97. The van der Waals surface area contributed by atoms with Crippen LogP contribution in [0.25, 0.3) is 5.69 Å². The van der Waals surface area contributed by atoms with Gasteiger partial charge in [0.25, 0.3) is 0 Å². The summed E-state index contributed by atoms with van der Waals surface area (Å²) in [6, 6.07) is 10.3. The van der Waals surface area contributed by atoms with Crippen LogP contribution < -0.4 is 5.73 Å². The Morgan fingerprint density at radius 3 is 2.06 bits per heavy atom. The van der Waals surface area contributed by atoms with Crippen LogP contribution in [0.4, 0.5) is 26.3 Å². The normalized spacial score (nSPS) is 11.5. The third-order valence-corrected chi connectivity index (χ3v) is 4.09. The Bertz CT molecular complexity index is 1140. The van der Waals surface area contributed by atoms with Crippen LogP contribution in [0, 0.1) is 0 Å². The minimum absolute atomic E-state index is 0.0667. The number of para-hydroxylation sites is 1. The number of nitrogens with two attached hydrogens (primary N) is 1. The fourth-order valence-electron chi connectivity index (χ4n) is 2.33. The van der Waals surface area contributed by atoms with Crippen molar-refractivity contribution in [2.24, 2.45) is 5.73 Å². The number of carboxylic acids is 1. The number of rotatable bonds is 3. The van der Waals surface area contributed by atoms with Crippen molar-refractivity contribution in [2.75, 3.05) is 0 Å². The highest BCUT2D eigenvalue weighted by molar-refractivity contribution is 6.32. The number of primary amides is 1. The van der Waals surface area contributed by atoms with E-state index in [9.17, 15) is 35.9 Å². The average Bonchev–Trinajstić information content (AvgIpc) is 3.14. The molecular formula is C19H12ClF6N3O3. The van der Waals surface area contributed by atoms with E-state index >= 15 is 0 Å². The maximum atomic E-state index is 12.6. The fraction of sp³-hybridized carbons (Fsp3) is 0.105. The molecular weight excluding hydrogens is 468 g/mol. The summed E-state index contributed by atoms with van der Waals surface area (Å²) in [6.07, 6.45) is -9.16. The highest BCUT2D eigenvalue weighted by atomic mass is 35.5. The molecule has 1 heterocycles. The molecule has 0 spiro atoms. The molecule has 0 saturated heterocycles. The van der Waals surface area contributed by atoms with E-state index in [4.69, 9.17) is 22.4 Å². The number of carbonyl (C=O) groups excluding carboxylic acids is 1. The first kappa shape index (κ1) is 24.7. The van der Waals surface area contributed by atoms with Crippen LogP contribution in [-0.2, 0) is 12.4 Å². The molecule has 0 atom stereocenters. The van der Waals surface area contributed by atoms with Gasteiger partial charge in [-0.1, -0.05) is 29.8 Å². The van der Waals surface area contributed by atoms with E-state index in [0.717, 1.165) is 18.2 Å². The summed E-state index contributed by atoms with van der Waals surface area (Å²) in [6.45, 7) is 0. The summed E-state index contributed by atoms with van der Waals surface area (Å²) in [5, 5.41) is 12.3. The summed E-state index contributed by atoms with van der Waals surface area (Å²) in [7, 11) is 0. The van der Waals surface area contributed by atoms with Crippen molar-refractivity contribution in [3.05, 3.63) is 82.1 Å². The molecule has 0 unspecified atom stereocenters. The zero-order valence-electron chi connectivity index (χ0n) is 15.6. The van der Waals surface area contributed by atoms with Crippen LogP contribution in [-0.4, -0.2) is 26.8 Å². The molecule has 1 amide bonds. The zero-order chi connectivity index (χ0) is 24.3. The number of benzene rings is 2. The smallest absolute Gasteiger partial charge is 0.435 e. The lowest BCUT2D eigenvalue weighted by Gasteiger charge is -2.06. The second kappa shape index (κ2) is 9.30. The van der Waals surface area contributed by atoms with Crippen molar-refractivity contribution < 1.29 is 41.0 Å². The molecule has 0 bridgehead atoms. The lowest BCUT2D eigenvalue weighted by molar-refractivity contribution is -0.141. The van der Waals surface area contributed by atoms with Crippen molar-refractivity contribution in [2.45, 2.75) is 12.4 Å². The molecule has 0 aliphatic carbocycles. The van der Waals surface area contributed by atoms with E-state index in [1.807, 2.05) is 0 Å². The zero-order valence-corrected chi connectivity index (χ0v) is 16.3. The van der Waals surface area contributed by atoms with Gasteiger partial charge in [0.15, 0.2) is 11.4 Å². The second-order valence-electron chi connectivity index (χ2n) is 6.02. The third-order valence-electron chi connectivity index (χ3n) is 3.77. The number of halogens is 7. The first-order chi connectivity index (χ1) is 14.7. The number of hydrogen-bond acceptors (Lipinski definition) is 3. The van der Waals surface area contributed by atoms with Crippen molar-refractivity contribution in [1.29, 1.82) is 0 Å². The molecule has 1 aromatic heterocycles. The predicted octanol–water partition coefficient (Wildman–Crippen LogP) is 5.05. The molecule has 2 aromatic carbocycles. The predicted molar refractivity (Wildman–Crippen MR) is 100 cm³/mol. The average molecular weight is 480 g/mol. The minimum atomic E-state index is -4.73. The van der Waals surface area contributed by atoms with E-state index in [0.29, 0.717) is 10.7 Å². The van der Waals surface area contributed by atoms with Crippen LogP contribution in [0.3, 0.4) is 0 Å². The number of aromatic nitrogens is 2. The molecule has 0 fully saturated rings. The largest absolute Gasteiger partial charge is 0.477 e. The second-order valence-corrected chi connectivity index (χ2v) is 6.43. The molecule has 32 heavy (non-hydrogen) atoms. The maximum absolute atomic E-state index is 12.6. The van der Waals surface area contributed by atoms with Crippen LogP contribution in [0.15, 0.2) is 54.6 Å². The van der Waals surface area contributed by atoms with Crippen LogP contribution in [0.1, 0.15) is 32.1 Å². The Balaban J connectivity index is 0.000000244. The van der Waals surface area contributed by atoms with Crippen LogP contribution >= 0.6 is 11.6 Å². The maximum Gasteiger partial charge on any atom is 0.435 e. The molecule has 13 heteroatoms. The number of alkyl halides is 6. The van der Waals surface area contributed by atoms with E-state index in [2.05, 4.69) is 5.10 Å². The first-order valence-electron chi connectivity index (χ1n) is 8.34. The van der Waals surface area contributed by atoms with Gasteiger partial charge in [-0.2, -0.15) is 31.4 Å². The Morgan fingerprint density at radius 1 is 0.938 bits per heavy atom. The van der Waals surface area contributed by atoms with Gasteiger partial charge >= 0.3 is 18.3 Å². The van der Waals surface area contributed by atoms with Crippen molar-refractivity contribution in [1.82, 2.24) is 9.78 Å². The number of nitrogens with zero attached hydrogens (tertiary/aromatic N) is 2. The van der Waals surface area contributed by atoms with Gasteiger partial charge in [-0.25, -0.2) is 9.48 Å². The first-order valence-corrected chi connectivity index (χ1v) is 8.72. The van der Waals surface area contributed by atoms with Gasteiger partial charge in [0, 0.05) is 11.6 Å². The quantitative estimate of drug-likeness (QED) is 0.514. The Kier molecular flexibility index (Phi) is 7.19. The van der Waals surface area contributed by atoms with Crippen LogP contribution in [0.2, 0.25) is 5.02 Å². The SMILES string of the molecule is NC(=O)c1cccc(C(F)(F)F)c1.O=C(O)c1cc(C(F)(F)F)nn1-c1ccccc1Cl. The molecule has 3 rings (SSSR count). The number of amides is 1. The monoisotopic (exact) mass is 479 g/mol. The third kappa shape index (κ3) is 6.00. The number of carbonyl (C=O) groups is 2. The van der Waals surface area contributed by atoms with Gasteiger partial charge in [0.1, 0.15) is 0 Å². The minimum Gasteiger partial charge on any atom is -0.477 e. The molecule has 3 aromatic rings. The highest BCUT2D eigenvalue weighted by Crippen LogP contribution is 2.31. The van der Waals surface area contributed by atoms with E-state index in [1.165, 1.54) is 24.3 Å². The van der Waals surface area contributed by atoms with Crippen LogP contribution in [0.5, 0.6) is 0 Å². The molecule has 0 aliphatic rings. The standard InChI is InChI=1S/C11H6ClF3N2O2.C8H6F3NO/c12-6-3-1-2-4-7(6)17-8(10(18)19)5-9(16-17)11(13,14)15;9-8(10,11)6-3-1-2-5(4-6)7(12)13/h1-5H,(H,18,19);1-4H,(H2,12,13). The molecule has 0 radical (unpaired) electrons. The Hall–Kier alpha value is -3.54. The van der Waals surface area contributed by atoms with E-state index in [-0.39, 0.29) is 16.3 Å². The fourth-order valence-corrected chi connectivity index (χ4v) is 2.54. The van der Waals surface area contributed by atoms with Gasteiger partial charge in [-0.15, -0.1) is 0 Å². The molecule has 3 N–H and O–H groups in total. The summed E-state index contributed by atoms with van der Waals surface area (Å²) < 4.78 is 74.6. The number of hydrogen-bond donors (Lipinski definition) is 2. The topological polar surface area (TPSA) is 98.2 Å². The highest BCUT2D eigenvalue weighted by Gasteiger charge is 2.36. The summed E-state index contributed by atoms with van der Waals surface area (Å²) >= 11 is 5.82. The number of aromatic carboxylic acids is 1. The van der Waals surface area contributed by atoms with E-state index < -0.39 is 41.2 Å². The lowest BCUT2D eigenvalue weighted by atomic mass is 10.1. The lowest BCUT2D eigenvalue weighted by Crippen LogP contribution is -2.13. The van der Waals surface area contributed by atoms with E-state index in [1.54, 1.807) is 6.07 Å². The summed E-state index contributed by atoms with van der Waals surface area (Å²) in [5.74, 6) is -2.39. The van der Waals surface area contributed by atoms with Gasteiger partial charge < -0.3 is 10.8 Å². The van der Waals surface area contributed by atoms with Crippen molar-refractivity contribution >= 4 is 23.5 Å². The number of carboxylic acid groups (broad SMARTS) is 1. The molecule has 6 nitrogen and oxygen atoms in total. The van der Waals surface area contributed by atoms with Gasteiger partial charge in [-0.3, -0.25) is 4.79 Å². The Labute approximate surface area is 180 Å². The summed E-state index contributed by atoms with van der Waals surface area (Å²) in [4.78, 5) is 21.5. The van der Waals surface area contributed by atoms with Gasteiger partial charge in [-0.05, 0) is 30.3 Å².